The third-order valence-corrected chi connectivity index (χ3v) is 5.32. The summed E-state index contributed by atoms with van der Waals surface area (Å²) in [6, 6.07) is 8.82. The lowest BCUT2D eigenvalue weighted by Gasteiger charge is -2.37. The molecule has 2 fully saturated rings. The summed E-state index contributed by atoms with van der Waals surface area (Å²) in [6.45, 7) is 6.88. The molecule has 2 aliphatic rings. The number of amides is 3. The molecule has 7 heteroatoms. The van der Waals surface area contributed by atoms with Crippen LogP contribution in [0.1, 0.15) is 32.3 Å². The molecule has 0 radical (unpaired) electrons. The molecule has 2 atom stereocenters. The van der Waals surface area contributed by atoms with Gasteiger partial charge in [0.1, 0.15) is 6.04 Å². The number of piperidine rings is 1. The van der Waals surface area contributed by atoms with Crippen LogP contribution in [0.3, 0.4) is 0 Å². The number of rotatable bonds is 6. The lowest BCUT2D eigenvalue weighted by Crippen LogP contribution is -2.55. The molecule has 2 saturated heterocycles. The van der Waals surface area contributed by atoms with Crippen LogP contribution < -0.4 is 10.6 Å². The first kappa shape index (κ1) is 20.6. The highest BCUT2D eigenvalue weighted by atomic mass is 16.7. The maximum absolute atomic E-state index is 13.1. The number of ether oxygens (including phenoxy) is 2. The van der Waals surface area contributed by atoms with E-state index in [2.05, 4.69) is 10.6 Å². The lowest BCUT2D eigenvalue weighted by atomic mass is 9.95. The van der Waals surface area contributed by atoms with Crippen LogP contribution in [0.5, 0.6) is 0 Å². The molecule has 2 N–H and O–H groups in total. The monoisotopic (exact) mass is 389 g/mol. The molecule has 0 saturated carbocycles. The smallest absolute Gasteiger partial charge is 0.315 e. The largest absolute Gasteiger partial charge is 0.350 e. The van der Waals surface area contributed by atoms with Gasteiger partial charge in [0.25, 0.3) is 0 Å². The van der Waals surface area contributed by atoms with E-state index in [1.165, 1.54) is 0 Å². The van der Waals surface area contributed by atoms with Crippen LogP contribution in [0.4, 0.5) is 4.79 Å². The molecule has 28 heavy (non-hydrogen) atoms. The van der Waals surface area contributed by atoms with Crippen LogP contribution in [-0.2, 0) is 20.8 Å². The van der Waals surface area contributed by atoms with E-state index in [1.807, 2.05) is 49.1 Å². The number of carbonyl (C=O) groups excluding carboxylic acids is 2. The first-order valence-corrected chi connectivity index (χ1v) is 10.1. The van der Waals surface area contributed by atoms with Gasteiger partial charge in [-0.05, 0) is 24.3 Å². The van der Waals surface area contributed by atoms with Gasteiger partial charge in [-0.1, -0.05) is 44.2 Å². The molecular formula is C21H31N3O4. The topological polar surface area (TPSA) is 79.9 Å². The van der Waals surface area contributed by atoms with E-state index in [-0.39, 0.29) is 30.1 Å². The van der Waals surface area contributed by atoms with E-state index in [4.69, 9.17) is 9.47 Å². The minimum Gasteiger partial charge on any atom is -0.350 e. The van der Waals surface area contributed by atoms with Crippen molar-refractivity contribution in [1.82, 2.24) is 15.5 Å². The summed E-state index contributed by atoms with van der Waals surface area (Å²) in [6.07, 6.45) is 1.70. The van der Waals surface area contributed by atoms with Crippen molar-refractivity contribution in [2.24, 2.45) is 11.8 Å². The van der Waals surface area contributed by atoms with E-state index < -0.39 is 6.04 Å². The van der Waals surface area contributed by atoms with Crippen molar-refractivity contribution in [3.05, 3.63) is 35.9 Å². The van der Waals surface area contributed by atoms with Crippen LogP contribution in [0, 0.1) is 11.8 Å². The average Bonchev–Trinajstić information content (AvgIpc) is 3.25. The minimum absolute atomic E-state index is 0.00525. The van der Waals surface area contributed by atoms with Gasteiger partial charge in [0.15, 0.2) is 6.29 Å². The number of hydrogen-bond donors (Lipinski definition) is 2. The Morgan fingerprint density at radius 2 is 1.89 bits per heavy atom. The molecule has 0 aliphatic carbocycles. The summed E-state index contributed by atoms with van der Waals surface area (Å²) < 4.78 is 11.3. The molecule has 2 aliphatic heterocycles. The van der Waals surface area contributed by atoms with Gasteiger partial charge in [-0.2, -0.15) is 0 Å². The van der Waals surface area contributed by atoms with Gasteiger partial charge in [0.05, 0.1) is 13.2 Å². The zero-order valence-electron chi connectivity index (χ0n) is 16.7. The normalized spacial score (nSPS) is 21.5. The van der Waals surface area contributed by atoms with Crippen LogP contribution in [0.15, 0.2) is 30.3 Å². The third kappa shape index (κ3) is 5.45. The Kier molecular flexibility index (Phi) is 7.28. The molecular weight excluding hydrogens is 358 g/mol. The van der Waals surface area contributed by atoms with Crippen molar-refractivity contribution in [3.63, 3.8) is 0 Å². The maximum Gasteiger partial charge on any atom is 0.315 e. The number of nitrogens with zero attached hydrogens (tertiary/aromatic N) is 1. The Morgan fingerprint density at radius 3 is 2.57 bits per heavy atom. The van der Waals surface area contributed by atoms with Gasteiger partial charge in [-0.15, -0.1) is 0 Å². The summed E-state index contributed by atoms with van der Waals surface area (Å²) in [5, 5.41) is 5.70. The van der Waals surface area contributed by atoms with Gasteiger partial charge in [-0.25, -0.2) is 4.79 Å². The number of nitrogens with one attached hydrogen (secondary N) is 2. The van der Waals surface area contributed by atoms with E-state index >= 15 is 0 Å². The van der Waals surface area contributed by atoms with Crippen molar-refractivity contribution >= 4 is 11.9 Å². The van der Waals surface area contributed by atoms with E-state index in [1.54, 1.807) is 0 Å². The van der Waals surface area contributed by atoms with Gasteiger partial charge < -0.3 is 25.0 Å². The fraction of sp³-hybridized carbons (Fsp3) is 0.619. The second kappa shape index (κ2) is 9.89. The highest BCUT2D eigenvalue weighted by Gasteiger charge is 2.36. The predicted octanol–water partition coefficient (Wildman–Crippen LogP) is 2.12. The summed E-state index contributed by atoms with van der Waals surface area (Å²) in [4.78, 5) is 27.3. The minimum atomic E-state index is -0.556. The van der Waals surface area contributed by atoms with Crippen molar-refractivity contribution in [2.45, 2.75) is 45.6 Å². The molecule has 7 nitrogen and oxygen atoms in total. The fourth-order valence-corrected chi connectivity index (χ4v) is 3.76. The van der Waals surface area contributed by atoms with Crippen LogP contribution in [0.25, 0.3) is 0 Å². The number of carbonyl (C=O) groups is 2. The molecule has 0 aromatic heterocycles. The standard InChI is InChI=1S/C21H31N3O4/c1-15(2)18(23-21(26)22-13-16-7-4-3-5-8-16)19(25)24-10-6-9-17(14-24)20-27-11-12-28-20/h3-5,7-8,15,17-18,20H,6,9-14H2,1-2H3,(H2,22,23,26). The average molecular weight is 389 g/mol. The Labute approximate surface area is 166 Å². The van der Waals surface area contributed by atoms with Gasteiger partial charge in [0, 0.05) is 25.6 Å². The number of benzene rings is 1. The summed E-state index contributed by atoms with van der Waals surface area (Å²) in [5.41, 5.74) is 1.01. The first-order valence-electron chi connectivity index (χ1n) is 10.1. The SMILES string of the molecule is CC(C)C(NC(=O)NCc1ccccc1)C(=O)N1CCCC(C2OCCO2)C1. The van der Waals surface area contributed by atoms with Crippen molar-refractivity contribution in [3.8, 4) is 0 Å². The lowest BCUT2D eigenvalue weighted by molar-refractivity contribution is -0.142. The zero-order chi connectivity index (χ0) is 19.9. The van der Waals surface area contributed by atoms with Crippen molar-refractivity contribution in [2.75, 3.05) is 26.3 Å². The molecule has 0 spiro atoms. The molecule has 3 rings (SSSR count). The van der Waals surface area contributed by atoms with E-state index in [0.717, 1.165) is 18.4 Å². The third-order valence-electron chi connectivity index (χ3n) is 5.32. The highest BCUT2D eigenvalue weighted by Crippen LogP contribution is 2.25. The fourth-order valence-electron chi connectivity index (χ4n) is 3.76. The van der Waals surface area contributed by atoms with E-state index in [0.29, 0.717) is 32.8 Å². The Morgan fingerprint density at radius 1 is 1.18 bits per heavy atom. The number of likely N-dealkylation sites (tertiary alicyclic amines) is 1. The summed E-state index contributed by atoms with van der Waals surface area (Å²) in [5.74, 6) is 0.154. The molecule has 0 bridgehead atoms. The maximum atomic E-state index is 13.1. The summed E-state index contributed by atoms with van der Waals surface area (Å²) in [7, 11) is 0. The zero-order valence-corrected chi connectivity index (χ0v) is 16.7. The summed E-state index contributed by atoms with van der Waals surface area (Å²) >= 11 is 0. The molecule has 3 amide bonds. The molecule has 1 aromatic carbocycles. The molecule has 154 valence electrons. The number of urea groups is 1. The molecule has 2 heterocycles. The van der Waals surface area contributed by atoms with Gasteiger partial charge >= 0.3 is 6.03 Å². The van der Waals surface area contributed by atoms with Crippen LogP contribution in [0.2, 0.25) is 0 Å². The van der Waals surface area contributed by atoms with Gasteiger partial charge in [0.2, 0.25) is 5.91 Å². The predicted molar refractivity (Wildman–Crippen MR) is 105 cm³/mol. The second-order valence-electron chi connectivity index (χ2n) is 7.83. The van der Waals surface area contributed by atoms with Crippen molar-refractivity contribution < 1.29 is 19.1 Å². The molecule has 2 unspecified atom stereocenters. The highest BCUT2D eigenvalue weighted by molar-refractivity contribution is 5.87. The second-order valence-corrected chi connectivity index (χ2v) is 7.83. The number of hydrogen-bond acceptors (Lipinski definition) is 4. The van der Waals surface area contributed by atoms with Gasteiger partial charge in [-0.3, -0.25) is 4.79 Å². The van der Waals surface area contributed by atoms with Crippen molar-refractivity contribution in [1.29, 1.82) is 0 Å². The Hall–Kier alpha value is -2.12. The Balaban J connectivity index is 1.54. The van der Waals surface area contributed by atoms with Crippen LogP contribution in [-0.4, -0.2) is 55.5 Å². The quantitative estimate of drug-likeness (QED) is 0.781. The van der Waals surface area contributed by atoms with Crippen LogP contribution >= 0.6 is 0 Å². The first-order chi connectivity index (χ1) is 13.5. The van der Waals surface area contributed by atoms with E-state index in [9.17, 15) is 9.59 Å². The Bertz CT molecular complexity index is 646. The molecule has 1 aromatic rings.